The molecule has 5 nitrogen and oxygen atoms in total. The minimum atomic E-state index is -0.536. The Morgan fingerprint density at radius 2 is 2.11 bits per heavy atom. The molecule has 1 aromatic carbocycles. The highest BCUT2D eigenvalue weighted by Gasteiger charge is 2.12. The molecule has 0 aliphatic rings. The Hall–Kier alpha value is -2.30. The molecule has 0 atom stereocenters. The van der Waals surface area contributed by atoms with Crippen molar-refractivity contribution in [1.82, 2.24) is 0 Å². The van der Waals surface area contributed by atoms with Gasteiger partial charge in [0.2, 0.25) is 11.8 Å². The second-order valence-corrected chi connectivity index (χ2v) is 4.43. The van der Waals surface area contributed by atoms with Gasteiger partial charge in [-0.3, -0.25) is 0 Å². The van der Waals surface area contributed by atoms with E-state index in [2.05, 4.69) is 9.73 Å². The van der Waals surface area contributed by atoms with Gasteiger partial charge < -0.3 is 9.15 Å². The fourth-order valence-corrected chi connectivity index (χ4v) is 2.23. The zero-order valence-corrected chi connectivity index (χ0v) is 10.8. The van der Waals surface area contributed by atoms with Crippen LogP contribution < -0.4 is 0 Å². The first kappa shape index (κ1) is 13.1. The smallest absolute Gasteiger partial charge is 0.374 e. The molecule has 0 radical (unpaired) electrons. The predicted molar refractivity (Wildman–Crippen MR) is 68.4 cm³/mol. The van der Waals surface area contributed by atoms with Crippen LogP contribution in [0.3, 0.4) is 0 Å². The number of furan rings is 1. The summed E-state index contributed by atoms with van der Waals surface area (Å²) in [5.74, 6) is -0.410. The molecule has 96 valence electrons. The van der Waals surface area contributed by atoms with Crippen LogP contribution in [0.1, 0.15) is 10.6 Å². The molecule has 0 amide bonds. The van der Waals surface area contributed by atoms with E-state index < -0.39 is 5.97 Å². The number of rotatable bonds is 4. The lowest BCUT2D eigenvalue weighted by Crippen LogP contribution is -1.97. The first-order chi connectivity index (χ1) is 9.24. The van der Waals surface area contributed by atoms with E-state index in [1.54, 1.807) is 24.3 Å². The summed E-state index contributed by atoms with van der Waals surface area (Å²) in [7, 11) is 1.28. The average Bonchev–Trinajstić information content (AvgIpc) is 2.89. The maximum Gasteiger partial charge on any atom is 0.374 e. The quantitative estimate of drug-likeness (QED) is 0.487. The SMILES string of the molecule is COC(=O)c1ccc(Sc2ccccc2N=C=O)o1. The summed E-state index contributed by atoms with van der Waals surface area (Å²) < 4.78 is 9.87. The lowest BCUT2D eigenvalue weighted by Gasteiger charge is -2.00. The van der Waals surface area contributed by atoms with Gasteiger partial charge in [0.05, 0.1) is 12.8 Å². The molecule has 0 spiro atoms. The van der Waals surface area contributed by atoms with Gasteiger partial charge in [-0.25, -0.2) is 9.59 Å². The molecule has 0 fully saturated rings. The molecule has 2 aromatic rings. The number of carbonyl (C=O) groups excluding carboxylic acids is 2. The predicted octanol–water partition coefficient (Wildman–Crippen LogP) is 3.18. The molecular weight excluding hydrogens is 266 g/mol. The van der Waals surface area contributed by atoms with Gasteiger partial charge in [0.25, 0.3) is 0 Å². The van der Waals surface area contributed by atoms with Crippen LogP contribution in [0.15, 0.2) is 55.8 Å². The molecule has 0 bridgehead atoms. The van der Waals surface area contributed by atoms with Crippen molar-refractivity contribution in [3.8, 4) is 0 Å². The standard InChI is InChI=1S/C13H9NO4S/c1-17-13(16)10-6-7-12(18-10)19-11-5-3-2-4-9(11)14-8-15/h2-7H,1H3. The minimum absolute atomic E-state index is 0.126. The third-order valence-corrected chi connectivity index (χ3v) is 3.20. The molecule has 2 rings (SSSR count). The van der Waals surface area contributed by atoms with Crippen molar-refractivity contribution in [3.05, 3.63) is 42.2 Å². The highest BCUT2D eigenvalue weighted by Crippen LogP contribution is 2.35. The monoisotopic (exact) mass is 275 g/mol. The fourth-order valence-electron chi connectivity index (χ4n) is 1.38. The molecule has 1 heterocycles. The van der Waals surface area contributed by atoms with Gasteiger partial charge in [0, 0.05) is 4.90 Å². The summed E-state index contributed by atoms with van der Waals surface area (Å²) in [5, 5.41) is 0.508. The Morgan fingerprint density at radius 3 is 2.84 bits per heavy atom. The van der Waals surface area contributed by atoms with Crippen molar-refractivity contribution < 1.29 is 18.7 Å². The van der Waals surface area contributed by atoms with Gasteiger partial charge in [-0.2, -0.15) is 4.99 Å². The maximum atomic E-state index is 11.3. The largest absolute Gasteiger partial charge is 0.463 e. The van der Waals surface area contributed by atoms with Crippen LogP contribution in [-0.4, -0.2) is 19.2 Å². The van der Waals surface area contributed by atoms with E-state index in [4.69, 9.17) is 4.42 Å². The van der Waals surface area contributed by atoms with E-state index in [9.17, 15) is 9.59 Å². The summed E-state index contributed by atoms with van der Waals surface area (Å²) >= 11 is 1.26. The molecule has 6 heteroatoms. The lowest BCUT2D eigenvalue weighted by molar-refractivity contribution is 0.0559. The second-order valence-electron chi connectivity index (χ2n) is 3.38. The Bertz CT molecular complexity index is 644. The number of esters is 1. The number of methoxy groups -OCH3 is 1. The zero-order valence-electron chi connectivity index (χ0n) is 9.95. The van der Waals surface area contributed by atoms with E-state index in [1.165, 1.54) is 31.0 Å². The van der Waals surface area contributed by atoms with E-state index in [-0.39, 0.29) is 5.76 Å². The van der Waals surface area contributed by atoms with Crippen molar-refractivity contribution in [2.45, 2.75) is 9.99 Å². The molecule has 0 saturated heterocycles. The summed E-state index contributed by atoms with van der Waals surface area (Å²) in [6.45, 7) is 0. The Kier molecular flexibility index (Phi) is 4.18. The Morgan fingerprint density at radius 1 is 1.32 bits per heavy atom. The summed E-state index contributed by atoms with van der Waals surface area (Å²) in [5.41, 5.74) is 0.499. The number of carbonyl (C=O) groups is 1. The van der Waals surface area contributed by atoms with Crippen molar-refractivity contribution in [2.75, 3.05) is 7.11 Å². The molecule has 1 aromatic heterocycles. The van der Waals surface area contributed by atoms with Crippen molar-refractivity contribution in [3.63, 3.8) is 0 Å². The van der Waals surface area contributed by atoms with Crippen molar-refractivity contribution in [2.24, 2.45) is 4.99 Å². The Labute approximate surface area is 113 Å². The number of hydrogen-bond donors (Lipinski definition) is 0. The van der Waals surface area contributed by atoms with Crippen LogP contribution in [0, 0.1) is 0 Å². The van der Waals surface area contributed by atoms with Gasteiger partial charge in [-0.1, -0.05) is 12.1 Å². The highest BCUT2D eigenvalue weighted by molar-refractivity contribution is 7.99. The van der Waals surface area contributed by atoms with Gasteiger partial charge in [-0.15, -0.1) is 0 Å². The number of isocyanates is 1. The Balaban J connectivity index is 2.24. The van der Waals surface area contributed by atoms with Gasteiger partial charge in [-0.05, 0) is 36.0 Å². The van der Waals surface area contributed by atoms with E-state index in [0.717, 1.165) is 4.90 Å². The lowest BCUT2D eigenvalue weighted by atomic mass is 10.3. The first-order valence-electron chi connectivity index (χ1n) is 5.27. The average molecular weight is 275 g/mol. The van der Waals surface area contributed by atoms with Crippen LogP contribution in [0.5, 0.6) is 0 Å². The third-order valence-electron chi connectivity index (χ3n) is 2.21. The molecule has 0 saturated carbocycles. The second kappa shape index (κ2) is 6.04. The van der Waals surface area contributed by atoms with Crippen LogP contribution in [0.25, 0.3) is 0 Å². The van der Waals surface area contributed by atoms with Crippen LogP contribution in [-0.2, 0) is 9.53 Å². The van der Waals surface area contributed by atoms with E-state index >= 15 is 0 Å². The summed E-state index contributed by atoms with van der Waals surface area (Å²) in [6.07, 6.45) is 1.50. The van der Waals surface area contributed by atoms with Crippen LogP contribution in [0.4, 0.5) is 5.69 Å². The zero-order chi connectivity index (χ0) is 13.7. The summed E-state index contributed by atoms with van der Waals surface area (Å²) in [6, 6.07) is 10.2. The maximum absolute atomic E-state index is 11.3. The normalized spacial score (nSPS) is 9.74. The molecule has 0 N–H and O–H groups in total. The number of benzene rings is 1. The molecule has 0 aliphatic carbocycles. The molecule has 19 heavy (non-hydrogen) atoms. The minimum Gasteiger partial charge on any atom is -0.463 e. The fraction of sp³-hybridized carbons (Fsp3) is 0.0769. The van der Waals surface area contributed by atoms with Gasteiger partial charge in [0.15, 0.2) is 5.09 Å². The number of ether oxygens (including phenoxy) is 1. The van der Waals surface area contributed by atoms with Gasteiger partial charge in [0.1, 0.15) is 0 Å². The molecular formula is C13H9NO4S. The molecule has 0 unspecified atom stereocenters. The first-order valence-corrected chi connectivity index (χ1v) is 6.09. The molecule has 0 aliphatic heterocycles. The summed E-state index contributed by atoms with van der Waals surface area (Å²) in [4.78, 5) is 25.9. The number of para-hydroxylation sites is 1. The van der Waals surface area contributed by atoms with Crippen molar-refractivity contribution in [1.29, 1.82) is 0 Å². The number of aliphatic imine (C=N–C) groups is 1. The number of nitrogens with zero attached hydrogens (tertiary/aromatic N) is 1. The van der Waals surface area contributed by atoms with Crippen molar-refractivity contribution >= 4 is 29.5 Å². The van der Waals surface area contributed by atoms with Crippen LogP contribution in [0.2, 0.25) is 0 Å². The van der Waals surface area contributed by atoms with E-state index in [1.807, 2.05) is 6.07 Å². The third kappa shape index (κ3) is 3.13. The van der Waals surface area contributed by atoms with Crippen LogP contribution >= 0.6 is 11.8 Å². The van der Waals surface area contributed by atoms with Gasteiger partial charge >= 0.3 is 5.97 Å². The number of hydrogen-bond acceptors (Lipinski definition) is 6. The van der Waals surface area contributed by atoms with E-state index in [0.29, 0.717) is 10.8 Å². The topological polar surface area (TPSA) is 68.9 Å². The highest BCUT2D eigenvalue weighted by atomic mass is 32.2.